The number of ether oxygens (including phenoxy) is 3. The number of carbonyl (C=O) groups is 3. The van der Waals surface area contributed by atoms with Crippen molar-refractivity contribution in [3.05, 3.63) is 48.6 Å². The molecule has 0 aliphatic heterocycles. The molecule has 0 spiro atoms. The largest absolute Gasteiger partial charge is 0.462 e. The van der Waals surface area contributed by atoms with E-state index in [1.165, 1.54) is 250 Å². The van der Waals surface area contributed by atoms with Crippen molar-refractivity contribution in [3.8, 4) is 0 Å². The predicted octanol–water partition coefficient (Wildman–Crippen LogP) is 22.9. The third-order valence-electron chi connectivity index (χ3n) is 15.0. The van der Waals surface area contributed by atoms with E-state index in [2.05, 4.69) is 69.4 Å². The summed E-state index contributed by atoms with van der Waals surface area (Å²) in [6.45, 7) is 6.67. The summed E-state index contributed by atoms with van der Waals surface area (Å²) in [5.41, 5.74) is 0. The molecule has 0 N–H and O–H groups in total. The lowest BCUT2D eigenvalue weighted by atomic mass is 10.0. The van der Waals surface area contributed by atoms with Crippen LogP contribution in [0.5, 0.6) is 0 Å². The quantitative estimate of drug-likeness (QED) is 0.0261. The number of unbranched alkanes of at least 4 members (excludes halogenated alkanes) is 43. The zero-order valence-electron chi connectivity index (χ0n) is 51.0. The van der Waals surface area contributed by atoms with E-state index in [4.69, 9.17) is 14.2 Å². The van der Waals surface area contributed by atoms with Crippen LogP contribution in [0.3, 0.4) is 0 Å². The van der Waals surface area contributed by atoms with Crippen LogP contribution in [-0.2, 0) is 28.6 Å². The molecule has 0 heterocycles. The number of rotatable bonds is 62. The molecule has 444 valence electrons. The normalized spacial score (nSPS) is 12.3. The molecule has 6 heteroatoms. The second kappa shape index (κ2) is 64.9. The molecule has 0 amide bonds. The lowest BCUT2D eigenvalue weighted by molar-refractivity contribution is -0.167. The molecule has 0 aliphatic carbocycles. The Morgan fingerprint density at radius 1 is 0.263 bits per heavy atom. The van der Waals surface area contributed by atoms with Gasteiger partial charge in [-0.15, -0.1) is 0 Å². The van der Waals surface area contributed by atoms with Gasteiger partial charge in [0.1, 0.15) is 13.2 Å². The summed E-state index contributed by atoms with van der Waals surface area (Å²) in [7, 11) is 0. The SMILES string of the molecule is CCCCCCC/C=C\C/C=C\CCCCCCCCCCCCCCCC(=O)OCC(COC(=O)CCCCCCC/C=C\CCCCCCCCC)OC(=O)CCCCCCCCC/C=C\CCCCCCCC. The summed E-state index contributed by atoms with van der Waals surface area (Å²) in [5, 5.41) is 0. The second-order valence-electron chi connectivity index (χ2n) is 22.7. The average Bonchev–Trinajstić information content (AvgIpc) is 3.42. The molecule has 0 rings (SSSR count). The molecule has 6 nitrogen and oxygen atoms in total. The highest BCUT2D eigenvalue weighted by molar-refractivity contribution is 5.71. The minimum absolute atomic E-state index is 0.0750. The van der Waals surface area contributed by atoms with Gasteiger partial charge in [0.05, 0.1) is 0 Å². The van der Waals surface area contributed by atoms with Gasteiger partial charge >= 0.3 is 17.9 Å². The number of esters is 3. The predicted molar refractivity (Wildman–Crippen MR) is 330 cm³/mol. The Hall–Kier alpha value is -2.63. The first-order chi connectivity index (χ1) is 37.5. The Balaban J connectivity index is 4.30. The van der Waals surface area contributed by atoms with Crippen molar-refractivity contribution in [1.82, 2.24) is 0 Å². The number of hydrogen-bond donors (Lipinski definition) is 0. The maximum absolute atomic E-state index is 12.9. The van der Waals surface area contributed by atoms with Gasteiger partial charge in [-0.25, -0.2) is 0 Å². The summed E-state index contributed by atoms with van der Waals surface area (Å²) in [4.78, 5) is 38.4. The lowest BCUT2D eigenvalue weighted by Crippen LogP contribution is -2.30. The first-order valence-corrected chi connectivity index (χ1v) is 33.6. The Morgan fingerprint density at radius 3 is 0.737 bits per heavy atom. The van der Waals surface area contributed by atoms with Gasteiger partial charge in [0.2, 0.25) is 0 Å². The standard InChI is InChI=1S/C70H128O6/c1-4-7-10-13-16-19-22-25-28-31-32-33-34-35-36-37-38-40-42-45-48-51-54-57-60-63-69(72)75-66-67(65-74-68(71)62-59-56-53-50-47-44-41-30-27-24-21-18-15-12-9-6-3)76-70(73)64-61-58-55-52-49-46-43-39-29-26-23-20-17-14-11-8-5-2/h22,25-26,29-32,41,67H,4-21,23-24,27-28,33-40,42-66H2,1-3H3/b25-22-,29-26-,32-31-,41-30-. The van der Waals surface area contributed by atoms with E-state index in [0.717, 1.165) is 70.6 Å². The van der Waals surface area contributed by atoms with E-state index < -0.39 is 6.10 Å². The highest BCUT2D eigenvalue weighted by Gasteiger charge is 2.19. The monoisotopic (exact) mass is 1060 g/mol. The molecule has 0 aromatic heterocycles. The van der Waals surface area contributed by atoms with Crippen molar-refractivity contribution in [3.63, 3.8) is 0 Å². The topological polar surface area (TPSA) is 78.9 Å². The molecule has 1 atom stereocenters. The highest BCUT2D eigenvalue weighted by Crippen LogP contribution is 2.17. The zero-order valence-corrected chi connectivity index (χ0v) is 51.0. The van der Waals surface area contributed by atoms with E-state index in [1.807, 2.05) is 0 Å². The van der Waals surface area contributed by atoms with Crippen LogP contribution in [0.15, 0.2) is 48.6 Å². The van der Waals surface area contributed by atoms with Gasteiger partial charge in [0, 0.05) is 19.3 Å². The smallest absolute Gasteiger partial charge is 0.306 e. The molecule has 0 fully saturated rings. The summed E-state index contributed by atoms with van der Waals surface area (Å²) in [6.07, 6.45) is 81.2. The fourth-order valence-corrected chi connectivity index (χ4v) is 9.94. The molecule has 0 aromatic rings. The molecule has 1 unspecified atom stereocenters. The number of hydrogen-bond acceptors (Lipinski definition) is 6. The van der Waals surface area contributed by atoms with E-state index >= 15 is 0 Å². The van der Waals surface area contributed by atoms with Crippen LogP contribution in [0.4, 0.5) is 0 Å². The average molecular weight is 1070 g/mol. The van der Waals surface area contributed by atoms with Gasteiger partial charge in [-0.1, -0.05) is 288 Å². The minimum Gasteiger partial charge on any atom is -0.462 e. The molecular formula is C70H128O6. The van der Waals surface area contributed by atoms with Crippen molar-refractivity contribution in [2.75, 3.05) is 13.2 Å². The van der Waals surface area contributed by atoms with Crippen LogP contribution in [0, 0.1) is 0 Å². The Bertz CT molecular complexity index is 1310. The molecule has 0 bridgehead atoms. The molecule has 0 saturated carbocycles. The van der Waals surface area contributed by atoms with Gasteiger partial charge in [-0.2, -0.15) is 0 Å². The molecular weight excluding hydrogens is 937 g/mol. The summed E-state index contributed by atoms with van der Waals surface area (Å²) in [6, 6.07) is 0. The first kappa shape index (κ1) is 73.4. The third kappa shape index (κ3) is 62.2. The van der Waals surface area contributed by atoms with E-state index in [1.54, 1.807) is 0 Å². The molecule has 0 radical (unpaired) electrons. The molecule has 0 aromatic carbocycles. The maximum atomic E-state index is 12.9. The van der Waals surface area contributed by atoms with Gasteiger partial charge in [-0.05, 0) is 103 Å². The van der Waals surface area contributed by atoms with Crippen molar-refractivity contribution in [2.24, 2.45) is 0 Å². The van der Waals surface area contributed by atoms with Crippen LogP contribution < -0.4 is 0 Å². The van der Waals surface area contributed by atoms with Crippen LogP contribution >= 0.6 is 0 Å². The molecule has 0 aliphatic rings. The summed E-state index contributed by atoms with van der Waals surface area (Å²) >= 11 is 0. The van der Waals surface area contributed by atoms with Crippen molar-refractivity contribution in [2.45, 2.75) is 367 Å². The maximum Gasteiger partial charge on any atom is 0.306 e. The number of allylic oxidation sites excluding steroid dienone is 8. The van der Waals surface area contributed by atoms with Gasteiger partial charge in [0.15, 0.2) is 6.10 Å². The molecule has 76 heavy (non-hydrogen) atoms. The first-order valence-electron chi connectivity index (χ1n) is 33.6. The van der Waals surface area contributed by atoms with Crippen molar-refractivity contribution >= 4 is 17.9 Å². The van der Waals surface area contributed by atoms with Gasteiger partial charge in [0.25, 0.3) is 0 Å². The van der Waals surface area contributed by atoms with Crippen LogP contribution in [0.25, 0.3) is 0 Å². The van der Waals surface area contributed by atoms with E-state index in [9.17, 15) is 14.4 Å². The van der Waals surface area contributed by atoms with Crippen molar-refractivity contribution < 1.29 is 28.6 Å². The second-order valence-corrected chi connectivity index (χ2v) is 22.7. The van der Waals surface area contributed by atoms with E-state index in [-0.39, 0.29) is 31.1 Å². The highest BCUT2D eigenvalue weighted by atomic mass is 16.6. The zero-order chi connectivity index (χ0) is 55.0. The van der Waals surface area contributed by atoms with Gasteiger partial charge < -0.3 is 14.2 Å². The van der Waals surface area contributed by atoms with Crippen LogP contribution in [0.1, 0.15) is 361 Å². The summed E-state index contributed by atoms with van der Waals surface area (Å²) in [5.74, 6) is -0.867. The van der Waals surface area contributed by atoms with Crippen LogP contribution in [0.2, 0.25) is 0 Å². The third-order valence-corrected chi connectivity index (χ3v) is 15.0. The van der Waals surface area contributed by atoms with Gasteiger partial charge in [-0.3, -0.25) is 14.4 Å². The van der Waals surface area contributed by atoms with Crippen molar-refractivity contribution in [1.29, 1.82) is 0 Å². The van der Waals surface area contributed by atoms with E-state index in [0.29, 0.717) is 19.3 Å². The fraction of sp³-hybridized carbons (Fsp3) is 0.843. The fourth-order valence-electron chi connectivity index (χ4n) is 9.94. The Labute approximate surface area is 473 Å². The molecule has 0 saturated heterocycles. The minimum atomic E-state index is -0.779. The lowest BCUT2D eigenvalue weighted by Gasteiger charge is -2.18. The summed E-state index contributed by atoms with van der Waals surface area (Å²) < 4.78 is 17.0. The Morgan fingerprint density at radius 2 is 0.474 bits per heavy atom. The Kier molecular flexibility index (Phi) is 62.6. The van der Waals surface area contributed by atoms with Crippen LogP contribution in [-0.4, -0.2) is 37.2 Å². The number of carbonyl (C=O) groups excluding carboxylic acids is 3.